The third-order valence-electron chi connectivity index (χ3n) is 3.96. The molecule has 5 aromatic rings. The van der Waals surface area contributed by atoms with Gasteiger partial charge in [-0.3, -0.25) is 4.79 Å². The molecule has 0 atom stereocenters. The monoisotopic (exact) mass is 396 g/mol. The number of aromatic nitrogens is 6. The Morgan fingerprint density at radius 3 is 3.11 bits per heavy atom. The number of thioether (sulfide) groups is 1. The minimum Gasteiger partial charge on any atom is -0.411 e. The van der Waals surface area contributed by atoms with Crippen LogP contribution in [-0.4, -0.2) is 29.8 Å². The fraction of sp³-hybridized carbons (Fsp3) is 0.118. The summed E-state index contributed by atoms with van der Waals surface area (Å²) in [5.41, 5.74) is 2.39. The number of aromatic amines is 1. The molecule has 0 bridgehead atoms. The van der Waals surface area contributed by atoms with Crippen LogP contribution in [0.15, 0.2) is 51.0 Å². The zero-order chi connectivity index (χ0) is 18.4. The molecule has 4 aromatic heterocycles. The summed E-state index contributed by atoms with van der Waals surface area (Å²) >= 11 is 2.75. The van der Waals surface area contributed by atoms with Crippen molar-refractivity contribution in [2.75, 3.05) is 0 Å². The number of hydrogen-bond acceptors (Lipinski definition) is 8. The highest BCUT2D eigenvalue weighted by molar-refractivity contribution is 7.98. The minimum atomic E-state index is -0.176. The largest absolute Gasteiger partial charge is 0.411 e. The van der Waals surface area contributed by atoms with Crippen molar-refractivity contribution in [1.29, 1.82) is 0 Å². The van der Waals surface area contributed by atoms with Crippen molar-refractivity contribution in [3.63, 3.8) is 0 Å². The highest BCUT2D eigenvalue weighted by Crippen LogP contribution is 2.30. The molecule has 0 saturated carbocycles. The summed E-state index contributed by atoms with van der Waals surface area (Å²) in [7, 11) is 0. The van der Waals surface area contributed by atoms with Gasteiger partial charge < -0.3 is 9.40 Å². The number of hydrogen-bond donors (Lipinski definition) is 1. The summed E-state index contributed by atoms with van der Waals surface area (Å²) in [4.78, 5) is 20.1. The van der Waals surface area contributed by atoms with E-state index in [9.17, 15) is 4.79 Å². The van der Waals surface area contributed by atoms with Gasteiger partial charge in [0.2, 0.25) is 4.96 Å². The Bertz CT molecular complexity index is 1330. The quantitative estimate of drug-likeness (QED) is 0.465. The molecule has 0 aliphatic rings. The first-order chi connectivity index (χ1) is 13.2. The van der Waals surface area contributed by atoms with Crippen LogP contribution in [0, 0.1) is 6.92 Å². The Hall–Kier alpha value is -2.98. The van der Waals surface area contributed by atoms with Crippen molar-refractivity contribution in [3.05, 3.63) is 57.6 Å². The highest BCUT2D eigenvalue weighted by Gasteiger charge is 2.15. The molecule has 134 valence electrons. The van der Waals surface area contributed by atoms with Gasteiger partial charge in [-0.05, 0) is 13.0 Å². The molecule has 5 rings (SSSR count). The second kappa shape index (κ2) is 6.32. The molecule has 0 aliphatic carbocycles. The van der Waals surface area contributed by atoms with Gasteiger partial charge in [-0.2, -0.15) is 9.61 Å². The van der Waals surface area contributed by atoms with Gasteiger partial charge in [-0.25, -0.2) is 4.98 Å². The molecule has 8 nitrogen and oxygen atoms in total. The van der Waals surface area contributed by atoms with E-state index in [0.29, 0.717) is 27.5 Å². The van der Waals surface area contributed by atoms with Gasteiger partial charge in [-0.1, -0.05) is 41.3 Å². The molecule has 1 aromatic carbocycles. The molecule has 0 radical (unpaired) electrons. The van der Waals surface area contributed by atoms with E-state index in [0.717, 1.165) is 21.5 Å². The molecule has 0 aliphatic heterocycles. The van der Waals surface area contributed by atoms with Crippen LogP contribution in [0.3, 0.4) is 0 Å². The minimum absolute atomic E-state index is 0.176. The average molecular weight is 396 g/mol. The van der Waals surface area contributed by atoms with Crippen molar-refractivity contribution in [2.45, 2.75) is 17.9 Å². The smallest absolute Gasteiger partial charge is 0.277 e. The Kier molecular flexibility index (Phi) is 3.80. The van der Waals surface area contributed by atoms with Crippen LogP contribution >= 0.6 is 23.1 Å². The van der Waals surface area contributed by atoms with Gasteiger partial charge in [0.1, 0.15) is 5.01 Å². The Morgan fingerprint density at radius 1 is 1.30 bits per heavy atom. The van der Waals surface area contributed by atoms with Crippen LogP contribution in [0.4, 0.5) is 0 Å². The first kappa shape index (κ1) is 16.2. The molecule has 0 fully saturated rings. The number of para-hydroxylation sites is 1. The fourth-order valence-corrected chi connectivity index (χ4v) is 4.46. The Balaban J connectivity index is 1.38. The molecule has 0 amide bonds. The number of benzene rings is 1. The molecule has 1 N–H and O–H groups in total. The second-order valence-corrected chi connectivity index (χ2v) is 7.80. The van der Waals surface area contributed by atoms with Gasteiger partial charge in [0.25, 0.3) is 16.7 Å². The van der Waals surface area contributed by atoms with Crippen LogP contribution in [0.25, 0.3) is 27.3 Å². The zero-order valence-electron chi connectivity index (χ0n) is 14.0. The van der Waals surface area contributed by atoms with E-state index in [1.807, 2.05) is 30.5 Å². The van der Waals surface area contributed by atoms with E-state index >= 15 is 0 Å². The zero-order valence-corrected chi connectivity index (χ0v) is 15.7. The lowest BCUT2D eigenvalue weighted by atomic mass is 10.2. The van der Waals surface area contributed by atoms with E-state index in [4.69, 9.17) is 4.42 Å². The predicted octanol–water partition coefficient (Wildman–Crippen LogP) is 3.28. The van der Waals surface area contributed by atoms with E-state index in [-0.39, 0.29) is 5.56 Å². The van der Waals surface area contributed by atoms with Gasteiger partial charge in [0.15, 0.2) is 0 Å². The lowest BCUT2D eigenvalue weighted by Crippen LogP contribution is -2.14. The van der Waals surface area contributed by atoms with Crippen molar-refractivity contribution < 1.29 is 4.42 Å². The van der Waals surface area contributed by atoms with E-state index in [1.54, 1.807) is 6.92 Å². The maximum Gasteiger partial charge on any atom is 0.277 e. The molecule has 27 heavy (non-hydrogen) atoms. The summed E-state index contributed by atoms with van der Waals surface area (Å²) < 4.78 is 7.11. The number of nitrogens with one attached hydrogen (secondary N) is 1. The molecule has 10 heteroatoms. The summed E-state index contributed by atoms with van der Waals surface area (Å²) in [6.07, 6.45) is 1.86. The van der Waals surface area contributed by atoms with Crippen molar-refractivity contribution in [1.82, 2.24) is 29.8 Å². The van der Waals surface area contributed by atoms with E-state index in [2.05, 4.69) is 25.3 Å². The molecule has 0 spiro atoms. The maximum absolute atomic E-state index is 11.9. The summed E-state index contributed by atoms with van der Waals surface area (Å²) in [6, 6.07) is 9.41. The molecule has 0 saturated heterocycles. The third kappa shape index (κ3) is 2.92. The molecular weight excluding hydrogens is 384 g/mol. The number of aryl methyl sites for hydroxylation is 1. The van der Waals surface area contributed by atoms with Crippen molar-refractivity contribution in [2.24, 2.45) is 0 Å². The van der Waals surface area contributed by atoms with Gasteiger partial charge in [-0.15, -0.1) is 10.2 Å². The number of nitrogens with zero attached hydrogens (tertiary/aromatic N) is 5. The SMILES string of the molecule is Cc1cc(=O)n2nc(CSc3nnc(-c4c[nH]c5ccccc45)o3)sc2n1. The van der Waals surface area contributed by atoms with Crippen LogP contribution < -0.4 is 5.56 Å². The molecular formula is C17H12N6O2S2. The van der Waals surface area contributed by atoms with E-state index in [1.165, 1.54) is 33.7 Å². The van der Waals surface area contributed by atoms with Crippen LogP contribution in [-0.2, 0) is 5.75 Å². The number of fused-ring (bicyclic) bond motifs is 2. The number of H-pyrrole nitrogens is 1. The fourth-order valence-electron chi connectivity index (χ4n) is 2.77. The number of rotatable bonds is 4. The highest BCUT2D eigenvalue weighted by atomic mass is 32.2. The van der Waals surface area contributed by atoms with Gasteiger partial charge >= 0.3 is 0 Å². The second-order valence-electron chi connectivity index (χ2n) is 5.84. The van der Waals surface area contributed by atoms with Crippen molar-refractivity contribution >= 4 is 39.0 Å². The van der Waals surface area contributed by atoms with Crippen molar-refractivity contribution in [3.8, 4) is 11.5 Å². The van der Waals surface area contributed by atoms with E-state index < -0.39 is 0 Å². The maximum atomic E-state index is 11.9. The molecule has 0 unspecified atom stereocenters. The summed E-state index contributed by atoms with van der Waals surface area (Å²) in [6.45, 7) is 1.79. The van der Waals surface area contributed by atoms with Crippen LogP contribution in [0.2, 0.25) is 0 Å². The molecule has 4 heterocycles. The van der Waals surface area contributed by atoms with Crippen LogP contribution in [0.1, 0.15) is 10.7 Å². The lowest BCUT2D eigenvalue weighted by Gasteiger charge is -1.92. The Labute approximate surface area is 160 Å². The van der Waals surface area contributed by atoms with Gasteiger partial charge in [0.05, 0.1) is 11.3 Å². The standard InChI is InChI=1S/C17H12N6O2S2/c1-9-6-14(24)23-16(19-9)27-13(22-23)8-26-17-21-20-15(25-17)11-7-18-12-5-3-2-4-10(11)12/h2-7,18H,8H2,1H3. The summed E-state index contributed by atoms with van der Waals surface area (Å²) in [5, 5.41) is 14.8. The first-order valence-corrected chi connectivity index (χ1v) is 9.87. The Morgan fingerprint density at radius 2 is 2.19 bits per heavy atom. The lowest BCUT2D eigenvalue weighted by molar-refractivity contribution is 0.466. The normalized spacial score (nSPS) is 11.6. The average Bonchev–Trinajstić information content (AvgIpc) is 3.37. The topological polar surface area (TPSA) is 102 Å². The van der Waals surface area contributed by atoms with Crippen LogP contribution in [0.5, 0.6) is 0 Å². The summed E-state index contributed by atoms with van der Waals surface area (Å²) in [5.74, 6) is 0.981. The predicted molar refractivity (Wildman–Crippen MR) is 103 cm³/mol. The first-order valence-electron chi connectivity index (χ1n) is 8.06. The third-order valence-corrected chi connectivity index (χ3v) is 5.88. The van der Waals surface area contributed by atoms with Gasteiger partial charge in [0, 0.05) is 28.9 Å².